The molecule has 0 saturated heterocycles. The van der Waals surface area contributed by atoms with Crippen molar-refractivity contribution in [2.24, 2.45) is 0 Å². The van der Waals surface area contributed by atoms with Crippen LogP contribution in [0.15, 0.2) is 48.5 Å². The highest BCUT2D eigenvalue weighted by atomic mass is 16.2. The van der Waals surface area contributed by atoms with Gasteiger partial charge in [0.15, 0.2) is 0 Å². The Kier molecular flexibility index (Phi) is 6.46. The van der Waals surface area contributed by atoms with Gasteiger partial charge in [0.1, 0.15) is 0 Å². The Morgan fingerprint density at radius 3 is 1.53 bits per heavy atom. The van der Waals surface area contributed by atoms with E-state index in [-0.39, 0.29) is 36.5 Å². The molecule has 0 spiro atoms. The van der Waals surface area contributed by atoms with Crippen LogP contribution in [0, 0.1) is 0 Å². The molecule has 32 heavy (non-hydrogen) atoms. The molecule has 7 heteroatoms. The van der Waals surface area contributed by atoms with Crippen molar-refractivity contribution in [3.63, 3.8) is 0 Å². The fourth-order valence-corrected chi connectivity index (χ4v) is 4.36. The monoisotopic (exact) mass is 433 g/mol. The maximum atomic E-state index is 12.6. The quantitative estimate of drug-likeness (QED) is 0.596. The van der Waals surface area contributed by atoms with Gasteiger partial charge in [0, 0.05) is 24.2 Å². The van der Waals surface area contributed by atoms with E-state index in [1.807, 2.05) is 43.4 Å². The number of carbonyl (C=O) groups is 4. The first kappa shape index (κ1) is 21.9. The summed E-state index contributed by atoms with van der Waals surface area (Å²) in [7, 11) is 1.96. The van der Waals surface area contributed by atoms with E-state index < -0.39 is 0 Å². The summed E-state index contributed by atoms with van der Waals surface area (Å²) in [4.78, 5) is 54.8. The zero-order chi connectivity index (χ0) is 22.7. The van der Waals surface area contributed by atoms with E-state index in [9.17, 15) is 19.2 Å². The van der Waals surface area contributed by atoms with E-state index >= 15 is 0 Å². The molecule has 0 atom stereocenters. The Morgan fingerprint density at radius 2 is 1.09 bits per heavy atom. The highest BCUT2D eigenvalue weighted by Gasteiger charge is 2.31. The maximum absolute atomic E-state index is 12.6. The van der Waals surface area contributed by atoms with E-state index in [1.54, 1.807) is 12.1 Å². The van der Waals surface area contributed by atoms with Crippen LogP contribution in [0.25, 0.3) is 0 Å². The van der Waals surface area contributed by atoms with E-state index in [0.717, 1.165) is 11.1 Å². The van der Waals surface area contributed by atoms with Crippen molar-refractivity contribution >= 4 is 23.6 Å². The lowest BCUT2D eigenvalue weighted by atomic mass is 9.98. The van der Waals surface area contributed by atoms with Gasteiger partial charge in [-0.05, 0) is 56.2 Å². The lowest BCUT2D eigenvalue weighted by molar-refractivity contribution is -0.129. The zero-order valence-corrected chi connectivity index (χ0v) is 18.3. The number of amides is 4. The molecule has 2 heterocycles. The number of hydrogen-bond donors (Lipinski definition) is 0. The lowest BCUT2D eigenvalue weighted by Gasteiger charge is -2.28. The summed E-state index contributed by atoms with van der Waals surface area (Å²) in [6, 6.07) is 14.5. The van der Waals surface area contributed by atoms with Crippen LogP contribution in [0.4, 0.5) is 0 Å². The number of imide groups is 2. The van der Waals surface area contributed by atoms with Gasteiger partial charge in [0.05, 0.1) is 12.8 Å². The molecule has 2 aliphatic heterocycles. The van der Waals surface area contributed by atoms with E-state index in [4.69, 9.17) is 0 Å². The van der Waals surface area contributed by atoms with Crippen molar-refractivity contribution in [2.75, 3.05) is 33.2 Å². The SMILES string of the molecule is CN(CCCN1C(=O)Cc2ccccc2C1=O)CCCN1C(=O)Cc2ccccc2C1=O. The van der Waals surface area contributed by atoms with E-state index in [2.05, 4.69) is 4.90 Å². The third-order valence-electron chi connectivity index (χ3n) is 6.11. The highest BCUT2D eigenvalue weighted by Crippen LogP contribution is 2.21. The summed E-state index contributed by atoms with van der Waals surface area (Å²) in [6.45, 7) is 2.19. The minimum atomic E-state index is -0.220. The molecular weight excluding hydrogens is 406 g/mol. The number of rotatable bonds is 8. The van der Waals surface area contributed by atoms with E-state index in [1.165, 1.54) is 9.80 Å². The molecule has 0 fully saturated rings. The average Bonchev–Trinajstić information content (AvgIpc) is 2.78. The van der Waals surface area contributed by atoms with Crippen molar-refractivity contribution in [1.29, 1.82) is 0 Å². The molecule has 2 aliphatic rings. The first-order chi connectivity index (χ1) is 15.5. The van der Waals surface area contributed by atoms with Crippen LogP contribution in [0.5, 0.6) is 0 Å². The molecule has 0 saturated carbocycles. The van der Waals surface area contributed by atoms with Gasteiger partial charge in [-0.25, -0.2) is 0 Å². The Bertz CT molecular complexity index is 981. The number of hydrogen-bond acceptors (Lipinski definition) is 5. The first-order valence-electron chi connectivity index (χ1n) is 11.0. The Labute approximate surface area is 187 Å². The average molecular weight is 434 g/mol. The summed E-state index contributed by atoms with van der Waals surface area (Å²) in [6.07, 6.45) is 1.87. The second-order valence-electron chi connectivity index (χ2n) is 8.38. The minimum absolute atomic E-state index is 0.154. The summed E-state index contributed by atoms with van der Waals surface area (Å²) in [5.74, 6) is -0.749. The zero-order valence-electron chi connectivity index (χ0n) is 18.3. The summed E-state index contributed by atoms with van der Waals surface area (Å²) in [5, 5.41) is 0. The van der Waals surface area contributed by atoms with Gasteiger partial charge < -0.3 is 4.90 Å². The fourth-order valence-electron chi connectivity index (χ4n) is 4.36. The fraction of sp³-hybridized carbons (Fsp3) is 0.360. The molecule has 0 aromatic heterocycles. The molecule has 2 aromatic carbocycles. The third kappa shape index (κ3) is 4.48. The molecule has 0 aliphatic carbocycles. The van der Waals surface area contributed by atoms with Crippen molar-refractivity contribution < 1.29 is 19.2 Å². The molecule has 0 bridgehead atoms. The molecule has 0 radical (unpaired) electrons. The summed E-state index contributed by atoms with van der Waals surface area (Å²) >= 11 is 0. The second-order valence-corrected chi connectivity index (χ2v) is 8.38. The van der Waals surface area contributed by atoms with Gasteiger partial charge in [-0.3, -0.25) is 29.0 Å². The molecule has 166 valence electrons. The Hall–Kier alpha value is -3.32. The van der Waals surface area contributed by atoms with Crippen molar-refractivity contribution in [3.05, 3.63) is 70.8 Å². The van der Waals surface area contributed by atoms with Crippen LogP contribution in [0.2, 0.25) is 0 Å². The predicted molar refractivity (Wildman–Crippen MR) is 119 cm³/mol. The Morgan fingerprint density at radius 1 is 0.688 bits per heavy atom. The number of benzene rings is 2. The van der Waals surface area contributed by atoms with Gasteiger partial charge in [-0.1, -0.05) is 36.4 Å². The standard InChI is InChI=1S/C25H27N3O4/c1-26(12-6-14-27-22(29)16-18-8-2-4-10-20(18)24(27)31)13-7-15-28-23(30)17-19-9-3-5-11-21(19)25(28)32/h2-5,8-11H,6-7,12-17H2,1H3. The van der Waals surface area contributed by atoms with E-state index in [0.29, 0.717) is 50.1 Å². The van der Waals surface area contributed by atoms with Crippen LogP contribution >= 0.6 is 0 Å². The third-order valence-corrected chi connectivity index (χ3v) is 6.11. The molecular formula is C25H27N3O4. The first-order valence-corrected chi connectivity index (χ1v) is 11.0. The normalized spacial score (nSPS) is 15.9. The van der Waals surface area contributed by atoms with Crippen molar-refractivity contribution in [2.45, 2.75) is 25.7 Å². The topological polar surface area (TPSA) is 78.0 Å². The number of carbonyl (C=O) groups excluding carboxylic acids is 4. The van der Waals surface area contributed by atoms with Crippen LogP contribution in [0.3, 0.4) is 0 Å². The lowest BCUT2D eigenvalue weighted by Crippen LogP contribution is -2.44. The summed E-state index contributed by atoms with van der Waals surface area (Å²) < 4.78 is 0. The van der Waals surface area contributed by atoms with Gasteiger partial charge in [0.2, 0.25) is 11.8 Å². The minimum Gasteiger partial charge on any atom is -0.306 e. The van der Waals surface area contributed by atoms with Crippen LogP contribution in [0.1, 0.15) is 44.7 Å². The number of fused-ring (bicyclic) bond motifs is 2. The van der Waals surface area contributed by atoms with Gasteiger partial charge in [-0.15, -0.1) is 0 Å². The van der Waals surface area contributed by atoms with Gasteiger partial charge >= 0.3 is 0 Å². The smallest absolute Gasteiger partial charge is 0.260 e. The second kappa shape index (κ2) is 9.44. The highest BCUT2D eigenvalue weighted by molar-refractivity contribution is 6.10. The molecule has 4 amide bonds. The number of nitrogens with zero attached hydrogens (tertiary/aromatic N) is 3. The molecule has 7 nitrogen and oxygen atoms in total. The molecule has 0 N–H and O–H groups in total. The predicted octanol–water partition coefficient (Wildman–Crippen LogP) is 2.15. The van der Waals surface area contributed by atoms with Crippen LogP contribution < -0.4 is 0 Å². The molecule has 0 unspecified atom stereocenters. The summed E-state index contributed by atoms with van der Waals surface area (Å²) in [5.41, 5.74) is 2.80. The largest absolute Gasteiger partial charge is 0.306 e. The Balaban J connectivity index is 1.22. The van der Waals surface area contributed by atoms with Gasteiger partial charge in [0.25, 0.3) is 11.8 Å². The maximum Gasteiger partial charge on any atom is 0.260 e. The van der Waals surface area contributed by atoms with Crippen molar-refractivity contribution in [1.82, 2.24) is 14.7 Å². The van der Waals surface area contributed by atoms with Gasteiger partial charge in [-0.2, -0.15) is 0 Å². The van der Waals surface area contributed by atoms with Crippen molar-refractivity contribution in [3.8, 4) is 0 Å². The molecule has 4 rings (SSSR count). The van der Waals surface area contributed by atoms with Crippen LogP contribution in [-0.2, 0) is 22.4 Å². The molecule has 2 aromatic rings. The van der Waals surface area contributed by atoms with Crippen LogP contribution in [-0.4, -0.2) is 71.6 Å².